The average molecular weight is 536 g/mol. The molecule has 208 valence electrons. The van der Waals surface area contributed by atoms with Gasteiger partial charge in [-0.05, 0) is 56.5 Å². The maximum absolute atomic E-state index is 6.32. The summed E-state index contributed by atoms with van der Waals surface area (Å²) in [5.41, 5.74) is 5.35. The standard InChI is InChI=1S/C30H37N3O6/c1-9-10-24(31-26-27(35-7)32-29(33-28(26)36-8)37-14-13-34-6)25-12-11-21(38-25)16-20-17-23-22(15-18(20)2)19(3)39-30(23,4)5/h10-12,15,17,31H,3,9,13-14,16H2,1-2,4-8H3. The number of nitrogens with zero attached hydrogens (tertiary/aromatic N) is 2. The summed E-state index contributed by atoms with van der Waals surface area (Å²) in [5.74, 6) is 2.79. The minimum absolute atomic E-state index is 0.134. The van der Waals surface area contributed by atoms with Gasteiger partial charge in [0.05, 0.1) is 26.5 Å². The van der Waals surface area contributed by atoms with Crippen LogP contribution in [0.5, 0.6) is 17.8 Å². The zero-order valence-electron chi connectivity index (χ0n) is 23.8. The Balaban J connectivity index is 1.59. The molecule has 4 rings (SSSR count). The molecule has 0 bridgehead atoms. The molecule has 1 aliphatic heterocycles. The second-order valence-electron chi connectivity index (χ2n) is 9.69. The molecular formula is C30H37N3O6. The van der Waals surface area contributed by atoms with Gasteiger partial charge in [0.15, 0.2) is 5.69 Å². The Morgan fingerprint density at radius 1 is 1.08 bits per heavy atom. The number of furan rings is 1. The molecule has 0 saturated carbocycles. The lowest BCUT2D eigenvalue weighted by Gasteiger charge is -2.19. The molecule has 0 atom stereocenters. The Hall–Kier alpha value is -3.98. The van der Waals surface area contributed by atoms with E-state index in [-0.39, 0.29) is 17.8 Å². The third-order valence-corrected chi connectivity index (χ3v) is 6.49. The lowest BCUT2D eigenvalue weighted by atomic mass is 9.90. The molecule has 0 spiro atoms. The number of methoxy groups -OCH3 is 3. The van der Waals surface area contributed by atoms with Crippen molar-refractivity contribution < 1.29 is 28.1 Å². The van der Waals surface area contributed by atoms with Crippen LogP contribution in [0, 0.1) is 6.92 Å². The van der Waals surface area contributed by atoms with Gasteiger partial charge < -0.3 is 33.4 Å². The molecule has 0 amide bonds. The van der Waals surface area contributed by atoms with Gasteiger partial charge in [-0.1, -0.05) is 25.6 Å². The lowest BCUT2D eigenvalue weighted by molar-refractivity contribution is 0.0935. The minimum Gasteiger partial charge on any atom is -0.483 e. The highest BCUT2D eigenvalue weighted by Crippen LogP contribution is 2.43. The van der Waals surface area contributed by atoms with Crippen molar-refractivity contribution in [2.75, 3.05) is 39.9 Å². The summed E-state index contributed by atoms with van der Waals surface area (Å²) in [7, 11) is 4.65. The molecule has 3 heterocycles. The van der Waals surface area contributed by atoms with Gasteiger partial charge in [-0.15, -0.1) is 0 Å². The van der Waals surface area contributed by atoms with Gasteiger partial charge in [0, 0.05) is 24.7 Å². The van der Waals surface area contributed by atoms with Gasteiger partial charge in [-0.2, -0.15) is 9.97 Å². The number of aromatic nitrogens is 2. The van der Waals surface area contributed by atoms with Gasteiger partial charge in [0.1, 0.15) is 29.5 Å². The van der Waals surface area contributed by atoms with Gasteiger partial charge in [-0.25, -0.2) is 0 Å². The van der Waals surface area contributed by atoms with Crippen molar-refractivity contribution in [3.8, 4) is 17.8 Å². The van der Waals surface area contributed by atoms with Crippen molar-refractivity contribution in [2.45, 2.75) is 46.1 Å². The van der Waals surface area contributed by atoms with Gasteiger partial charge in [-0.3, -0.25) is 0 Å². The van der Waals surface area contributed by atoms with Crippen LogP contribution in [0.4, 0.5) is 5.69 Å². The molecule has 2 aromatic heterocycles. The Morgan fingerprint density at radius 3 is 2.44 bits per heavy atom. The highest BCUT2D eigenvalue weighted by molar-refractivity contribution is 5.79. The van der Waals surface area contributed by atoms with E-state index in [1.165, 1.54) is 19.8 Å². The summed E-state index contributed by atoms with van der Waals surface area (Å²) in [6.45, 7) is 13.1. The molecule has 9 heteroatoms. The summed E-state index contributed by atoms with van der Waals surface area (Å²) in [4.78, 5) is 8.73. The van der Waals surface area contributed by atoms with E-state index in [2.05, 4.69) is 61.7 Å². The molecule has 0 saturated heterocycles. The number of allylic oxidation sites excluding steroid dienone is 1. The summed E-state index contributed by atoms with van der Waals surface area (Å²) < 4.78 is 33.9. The van der Waals surface area contributed by atoms with Crippen molar-refractivity contribution in [2.24, 2.45) is 0 Å². The van der Waals surface area contributed by atoms with E-state index < -0.39 is 5.60 Å². The van der Waals surface area contributed by atoms with E-state index in [4.69, 9.17) is 28.1 Å². The fourth-order valence-corrected chi connectivity index (χ4v) is 4.53. The Labute approximate surface area is 229 Å². The average Bonchev–Trinajstić information content (AvgIpc) is 3.45. The largest absolute Gasteiger partial charge is 0.483 e. The molecule has 0 unspecified atom stereocenters. The molecule has 0 fully saturated rings. The van der Waals surface area contributed by atoms with Crippen LogP contribution in [0.1, 0.15) is 61.0 Å². The molecule has 0 aliphatic carbocycles. The number of hydrogen-bond acceptors (Lipinski definition) is 9. The first-order valence-corrected chi connectivity index (χ1v) is 12.9. The van der Waals surface area contributed by atoms with Crippen LogP contribution in [0.25, 0.3) is 11.5 Å². The molecule has 3 aromatic rings. The van der Waals surface area contributed by atoms with E-state index in [1.807, 2.05) is 18.2 Å². The van der Waals surface area contributed by atoms with E-state index >= 15 is 0 Å². The van der Waals surface area contributed by atoms with Crippen LogP contribution in [0.3, 0.4) is 0 Å². The predicted molar refractivity (Wildman–Crippen MR) is 150 cm³/mol. The second kappa shape index (κ2) is 11.8. The Morgan fingerprint density at radius 2 is 1.79 bits per heavy atom. The molecule has 9 nitrogen and oxygen atoms in total. The van der Waals surface area contributed by atoms with Crippen LogP contribution in [-0.4, -0.2) is 44.5 Å². The van der Waals surface area contributed by atoms with Crippen LogP contribution in [0.2, 0.25) is 0 Å². The number of nitrogens with one attached hydrogen (secondary N) is 1. The third kappa shape index (κ3) is 6.04. The van der Waals surface area contributed by atoms with Crippen molar-refractivity contribution in [1.29, 1.82) is 0 Å². The SMILES string of the molecule is C=C1OC(C)(C)c2cc(Cc3ccc(C(=CCC)Nc4c(OC)nc(OCCOC)nc4OC)o3)c(C)cc21. The van der Waals surface area contributed by atoms with Crippen LogP contribution >= 0.6 is 0 Å². The number of fused-ring (bicyclic) bond motifs is 1. The smallest absolute Gasteiger partial charge is 0.323 e. The monoisotopic (exact) mass is 535 g/mol. The Kier molecular flexibility index (Phi) is 8.50. The number of aryl methyl sites for hydroxylation is 1. The topological polar surface area (TPSA) is 97.1 Å². The summed E-state index contributed by atoms with van der Waals surface area (Å²) in [6, 6.07) is 8.43. The van der Waals surface area contributed by atoms with Crippen molar-refractivity contribution in [1.82, 2.24) is 9.97 Å². The zero-order valence-corrected chi connectivity index (χ0v) is 23.8. The summed E-state index contributed by atoms with van der Waals surface area (Å²) in [6.07, 6.45) is 3.44. The fourth-order valence-electron chi connectivity index (χ4n) is 4.53. The molecule has 0 radical (unpaired) electrons. The number of rotatable bonds is 12. The highest BCUT2D eigenvalue weighted by Gasteiger charge is 2.34. The number of ether oxygens (including phenoxy) is 5. The maximum Gasteiger partial charge on any atom is 0.323 e. The van der Waals surface area contributed by atoms with E-state index in [0.29, 0.717) is 31.1 Å². The number of anilines is 1. The van der Waals surface area contributed by atoms with Gasteiger partial charge in [0.2, 0.25) is 11.8 Å². The van der Waals surface area contributed by atoms with Gasteiger partial charge in [0.25, 0.3) is 0 Å². The second-order valence-corrected chi connectivity index (χ2v) is 9.69. The first-order chi connectivity index (χ1) is 18.7. The van der Waals surface area contributed by atoms with E-state index in [1.54, 1.807) is 7.11 Å². The maximum atomic E-state index is 6.32. The summed E-state index contributed by atoms with van der Waals surface area (Å²) >= 11 is 0. The number of benzene rings is 1. The van der Waals surface area contributed by atoms with Crippen molar-refractivity contribution >= 4 is 17.1 Å². The molecule has 39 heavy (non-hydrogen) atoms. The first-order valence-electron chi connectivity index (χ1n) is 12.9. The van der Waals surface area contributed by atoms with Crippen LogP contribution in [-0.2, 0) is 21.5 Å². The number of hydrogen-bond donors (Lipinski definition) is 1. The predicted octanol–water partition coefficient (Wildman–Crippen LogP) is 6.11. The lowest BCUT2D eigenvalue weighted by Crippen LogP contribution is -2.14. The third-order valence-electron chi connectivity index (χ3n) is 6.49. The summed E-state index contributed by atoms with van der Waals surface area (Å²) in [5, 5.41) is 3.35. The quantitative estimate of drug-likeness (QED) is 0.276. The zero-order chi connectivity index (χ0) is 28.2. The minimum atomic E-state index is -0.408. The molecular weight excluding hydrogens is 498 g/mol. The normalized spacial score (nSPS) is 14.1. The van der Waals surface area contributed by atoms with Gasteiger partial charge >= 0.3 is 6.01 Å². The highest BCUT2D eigenvalue weighted by atomic mass is 16.5. The van der Waals surface area contributed by atoms with E-state index in [0.717, 1.165) is 40.3 Å². The Bertz CT molecular complexity index is 1350. The van der Waals surface area contributed by atoms with Crippen LogP contribution < -0.4 is 19.5 Å². The first kappa shape index (κ1) is 28.0. The van der Waals surface area contributed by atoms with Crippen molar-refractivity contribution in [3.63, 3.8) is 0 Å². The molecule has 1 N–H and O–H groups in total. The van der Waals surface area contributed by atoms with E-state index in [9.17, 15) is 0 Å². The molecule has 1 aliphatic rings. The van der Waals surface area contributed by atoms with Crippen LogP contribution in [0.15, 0.2) is 41.3 Å². The fraction of sp³-hybridized carbons (Fsp3) is 0.400. The van der Waals surface area contributed by atoms with Crippen molar-refractivity contribution in [3.05, 3.63) is 70.7 Å². The molecule has 1 aromatic carbocycles.